The van der Waals surface area contributed by atoms with Crippen LogP contribution in [-0.4, -0.2) is 40.4 Å². The zero-order valence-electron chi connectivity index (χ0n) is 15.0. The Labute approximate surface area is 144 Å². The number of amides is 3. The molecule has 1 saturated heterocycles. The maximum atomic E-state index is 12.8. The van der Waals surface area contributed by atoms with Crippen LogP contribution in [0, 0.1) is 0 Å². The molecule has 2 heterocycles. The number of hydrogen-bond donors (Lipinski definition) is 1. The molecular weight excluding hydrogens is 302 g/mol. The Hall–Kier alpha value is -2.04. The Morgan fingerprint density at radius 3 is 2.58 bits per heavy atom. The fourth-order valence-corrected chi connectivity index (χ4v) is 4.09. The maximum absolute atomic E-state index is 12.8. The molecule has 2 aliphatic heterocycles. The smallest absolute Gasteiger partial charge is 0.322 e. The van der Waals surface area contributed by atoms with E-state index in [0.717, 1.165) is 42.6 Å². The van der Waals surface area contributed by atoms with E-state index in [-0.39, 0.29) is 30.1 Å². The standard InChI is InChI=1S/C19H27N3O2/c1-12(2)22(13(3)4)19(24)20-15-9-7-8-14-17(15)16-10-5-6-11-21(16)18(14)23/h7-9,12-13,16H,5-6,10-11H2,1-4H3,(H,20,24). The lowest BCUT2D eigenvalue weighted by Crippen LogP contribution is -2.44. The molecule has 3 rings (SSSR count). The lowest BCUT2D eigenvalue weighted by molar-refractivity contribution is 0.0672. The fraction of sp³-hybridized carbons (Fsp3) is 0.579. The summed E-state index contributed by atoms with van der Waals surface area (Å²) in [6.07, 6.45) is 3.16. The zero-order chi connectivity index (χ0) is 17.4. The van der Waals surface area contributed by atoms with E-state index in [1.807, 2.05) is 55.7 Å². The van der Waals surface area contributed by atoms with Gasteiger partial charge in [-0.3, -0.25) is 4.79 Å². The molecule has 0 spiro atoms. The summed E-state index contributed by atoms with van der Waals surface area (Å²) in [5, 5.41) is 3.07. The van der Waals surface area contributed by atoms with Crippen molar-refractivity contribution in [2.45, 2.75) is 65.1 Å². The molecule has 5 heteroatoms. The van der Waals surface area contributed by atoms with Gasteiger partial charge in [-0.2, -0.15) is 0 Å². The highest BCUT2D eigenvalue weighted by molar-refractivity contribution is 6.02. The van der Waals surface area contributed by atoms with Crippen molar-refractivity contribution >= 4 is 17.6 Å². The predicted molar refractivity (Wildman–Crippen MR) is 95.2 cm³/mol. The van der Waals surface area contributed by atoms with Crippen molar-refractivity contribution in [1.82, 2.24) is 9.80 Å². The summed E-state index contributed by atoms with van der Waals surface area (Å²) in [6.45, 7) is 8.88. The summed E-state index contributed by atoms with van der Waals surface area (Å²) in [7, 11) is 0. The van der Waals surface area contributed by atoms with Crippen molar-refractivity contribution in [2.24, 2.45) is 0 Å². The number of carbonyl (C=O) groups is 2. The number of benzene rings is 1. The molecule has 3 amide bonds. The van der Waals surface area contributed by atoms with E-state index in [0.29, 0.717) is 0 Å². The van der Waals surface area contributed by atoms with E-state index in [2.05, 4.69) is 5.32 Å². The lowest BCUT2D eigenvalue weighted by atomic mass is 9.96. The Morgan fingerprint density at radius 2 is 1.92 bits per heavy atom. The summed E-state index contributed by atoms with van der Waals surface area (Å²) < 4.78 is 0. The Balaban J connectivity index is 1.92. The first-order valence-electron chi connectivity index (χ1n) is 8.95. The largest absolute Gasteiger partial charge is 0.331 e. The SMILES string of the molecule is CC(C)N(C(=O)Nc1cccc2c1C1CCCCN1C2=O)C(C)C. The van der Waals surface area contributed by atoms with E-state index in [4.69, 9.17) is 0 Å². The van der Waals surface area contributed by atoms with Crippen LogP contribution in [0.2, 0.25) is 0 Å². The molecule has 24 heavy (non-hydrogen) atoms. The Kier molecular flexibility index (Phi) is 4.52. The molecule has 1 aromatic carbocycles. The summed E-state index contributed by atoms with van der Waals surface area (Å²) in [5.74, 6) is 0.107. The van der Waals surface area contributed by atoms with Crippen molar-refractivity contribution in [3.05, 3.63) is 29.3 Å². The molecule has 130 valence electrons. The van der Waals surface area contributed by atoms with Crippen LogP contribution in [0.1, 0.15) is 68.9 Å². The molecule has 2 aliphatic rings. The number of hydrogen-bond acceptors (Lipinski definition) is 2. The van der Waals surface area contributed by atoms with Crippen LogP contribution in [0.5, 0.6) is 0 Å². The van der Waals surface area contributed by atoms with Crippen molar-refractivity contribution in [3.63, 3.8) is 0 Å². The molecule has 1 atom stereocenters. The molecule has 5 nitrogen and oxygen atoms in total. The molecule has 0 saturated carbocycles. The normalized spacial score (nSPS) is 19.5. The molecule has 0 radical (unpaired) electrons. The van der Waals surface area contributed by atoms with Crippen molar-refractivity contribution in [1.29, 1.82) is 0 Å². The number of piperidine rings is 1. The molecule has 1 unspecified atom stereocenters. The Morgan fingerprint density at radius 1 is 1.21 bits per heavy atom. The third-order valence-electron chi connectivity index (χ3n) is 5.02. The molecular formula is C19H27N3O2. The molecule has 1 N–H and O–H groups in total. The first-order valence-corrected chi connectivity index (χ1v) is 8.95. The van der Waals surface area contributed by atoms with Gasteiger partial charge in [0.15, 0.2) is 0 Å². The van der Waals surface area contributed by atoms with Crippen LogP contribution in [0.4, 0.5) is 10.5 Å². The molecule has 0 aliphatic carbocycles. The summed E-state index contributed by atoms with van der Waals surface area (Å²) in [5.41, 5.74) is 2.54. The van der Waals surface area contributed by atoms with Gasteiger partial charge in [-0.1, -0.05) is 6.07 Å². The molecule has 0 aromatic heterocycles. The third kappa shape index (κ3) is 2.76. The highest BCUT2D eigenvalue weighted by atomic mass is 16.2. The fourth-order valence-electron chi connectivity index (χ4n) is 4.09. The van der Waals surface area contributed by atoms with Crippen molar-refractivity contribution < 1.29 is 9.59 Å². The molecule has 0 bridgehead atoms. The van der Waals surface area contributed by atoms with Gasteiger partial charge in [-0.25, -0.2) is 4.79 Å². The number of fused-ring (bicyclic) bond motifs is 3. The molecule has 1 aromatic rings. The van der Waals surface area contributed by atoms with Gasteiger partial charge in [0.2, 0.25) is 0 Å². The second-order valence-corrected chi connectivity index (χ2v) is 7.30. The second-order valence-electron chi connectivity index (χ2n) is 7.30. The van der Waals surface area contributed by atoms with Gasteiger partial charge in [0.1, 0.15) is 0 Å². The number of urea groups is 1. The van der Waals surface area contributed by atoms with E-state index in [1.54, 1.807) is 0 Å². The van der Waals surface area contributed by atoms with Crippen molar-refractivity contribution in [2.75, 3.05) is 11.9 Å². The van der Waals surface area contributed by atoms with Gasteiger partial charge in [0.25, 0.3) is 5.91 Å². The minimum Gasteiger partial charge on any atom is -0.331 e. The number of nitrogens with zero attached hydrogens (tertiary/aromatic N) is 2. The summed E-state index contributed by atoms with van der Waals surface area (Å²) in [4.78, 5) is 29.2. The summed E-state index contributed by atoms with van der Waals surface area (Å²) >= 11 is 0. The highest BCUT2D eigenvalue weighted by Gasteiger charge is 2.39. The van der Waals surface area contributed by atoms with Crippen LogP contribution in [0.25, 0.3) is 0 Å². The predicted octanol–water partition coefficient (Wildman–Crippen LogP) is 4.02. The van der Waals surface area contributed by atoms with E-state index in [1.165, 1.54) is 0 Å². The summed E-state index contributed by atoms with van der Waals surface area (Å²) in [6, 6.07) is 5.92. The minimum absolute atomic E-state index is 0.102. The molecule has 1 fully saturated rings. The average Bonchev–Trinajstić information content (AvgIpc) is 2.81. The van der Waals surface area contributed by atoms with Gasteiger partial charge < -0.3 is 15.1 Å². The maximum Gasteiger partial charge on any atom is 0.322 e. The number of nitrogens with one attached hydrogen (secondary N) is 1. The first-order chi connectivity index (χ1) is 11.4. The van der Waals surface area contributed by atoms with Gasteiger partial charge in [-0.05, 0) is 59.1 Å². The average molecular weight is 329 g/mol. The van der Waals surface area contributed by atoms with Gasteiger partial charge in [0.05, 0.1) is 6.04 Å². The third-order valence-corrected chi connectivity index (χ3v) is 5.02. The van der Waals surface area contributed by atoms with Crippen LogP contribution in [0.3, 0.4) is 0 Å². The Bertz CT molecular complexity index is 646. The van der Waals surface area contributed by atoms with Crippen LogP contribution in [0.15, 0.2) is 18.2 Å². The number of carbonyl (C=O) groups excluding carboxylic acids is 2. The minimum atomic E-state index is -0.102. The quantitative estimate of drug-likeness (QED) is 0.910. The van der Waals surface area contributed by atoms with Crippen molar-refractivity contribution in [3.8, 4) is 0 Å². The topological polar surface area (TPSA) is 52.7 Å². The number of rotatable bonds is 3. The second kappa shape index (κ2) is 6.46. The highest BCUT2D eigenvalue weighted by Crippen LogP contribution is 2.43. The monoisotopic (exact) mass is 329 g/mol. The van der Waals surface area contributed by atoms with E-state index >= 15 is 0 Å². The van der Waals surface area contributed by atoms with Crippen LogP contribution < -0.4 is 5.32 Å². The first kappa shape index (κ1) is 16.8. The number of anilines is 1. The van der Waals surface area contributed by atoms with Gasteiger partial charge >= 0.3 is 6.03 Å². The van der Waals surface area contributed by atoms with E-state index in [9.17, 15) is 9.59 Å². The zero-order valence-corrected chi connectivity index (χ0v) is 15.0. The van der Waals surface area contributed by atoms with Gasteiger partial charge in [-0.15, -0.1) is 0 Å². The van der Waals surface area contributed by atoms with Gasteiger partial charge in [0, 0.05) is 35.4 Å². The van der Waals surface area contributed by atoms with E-state index < -0.39 is 0 Å². The van der Waals surface area contributed by atoms with Crippen LogP contribution >= 0.6 is 0 Å². The van der Waals surface area contributed by atoms with Crippen LogP contribution in [-0.2, 0) is 0 Å². The lowest BCUT2D eigenvalue weighted by Gasteiger charge is -2.32.